The number of allylic oxidation sites excluding steroid dienone is 8. The van der Waals surface area contributed by atoms with Gasteiger partial charge in [-0.05, 0) is 82.0 Å². The van der Waals surface area contributed by atoms with Gasteiger partial charge >= 0.3 is 5.97 Å². The summed E-state index contributed by atoms with van der Waals surface area (Å²) in [6.07, 6.45) is 14.4. The van der Waals surface area contributed by atoms with Crippen LogP contribution >= 0.6 is 12.0 Å². The fraction of sp³-hybridized carbons (Fsp3) is 0.421. The van der Waals surface area contributed by atoms with Crippen LogP contribution in [0.15, 0.2) is 94.4 Å². The van der Waals surface area contributed by atoms with Crippen molar-refractivity contribution < 1.29 is 68.0 Å². The number of benzene rings is 2. The molecule has 2 aliphatic heterocycles. The van der Waals surface area contributed by atoms with Gasteiger partial charge in [-0.25, -0.2) is 25.3 Å². The first kappa shape index (κ1) is 47.0. The SMILES string of the molecule is CC1(C)C(/C=C/C=C/C=C/C=C2\N(CCCS(=O)(=O)[O-])c3ccc(S(=O)(=O)[O-])cc3C2(C)CCCCCC(=O)O)=[N+](CCCS(=O)(=O)[O-])c2ccc(SOO[O-])cc21. The fourth-order valence-corrected chi connectivity index (χ4v) is 9.27. The Bertz CT molecular complexity index is 2330. The molecular formula is C38H45N2O14S4-3. The van der Waals surface area contributed by atoms with Crippen molar-refractivity contribution in [1.82, 2.24) is 0 Å². The van der Waals surface area contributed by atoms with Gasteiger partial charge < -0.3 is 28.9 Å². The molecule has 1 atom stereocenters. The normalized spacial score (nSPS) is 19.0. The topological polar surface area (TPSA) is 257 Å². The molecule has 58 heavy (non-hydrogen) atoms. The molecule has 0 spiro atoms. The highest BCUT2D eigenvalue weighted by molar-refractivity contribution is 7.94. The van der Waals surface area contributed by atoms with Gasteiger partial charge in [0, 0.05) is 70.3 Å². The number of rotatable bonds is 22. The average Bonchev–Trinajstić information content (AvgIpc) is 3.47. The molecule has 2 aromatic rings. The molecule has 20 heteroatoms. The fourth-order valence-electron chi connectivity index (χ4n) is 7.41. The number of fused-ring (bicyclic) bond motifs is 2. The molecule has 318 valence electrons. The predicted octanol–water partition coefficient (Wildman–Crippen LogP) is 4.43. The number of carboxylic acid groups (broad SMARTS) is 1. The minimum absolute atomic E-state index is 0.0176. The Morgan fingerprint density at radius 1 is 0.845 bits per heavy atom. The number of carbonyl (C=O) groups is 1. The molecule has 0 fully saturated rings. The Balaban J connectivity index is 1.66. The number of hydrogen-bond donors (Lipinski definition) is 1. The molecule has 0 saturated heterocycles. The average molecular weight is 882 g/mol. The summed E-state index contributed by atoms with van der Waals surface area (Å²) >= 11 is 0.737. The highest BCUT2D eigenvalue weighted by atomic mass is 32.2. The summed E-state index contributed by atoms with van der Waals surface area (Å²) in [5, 5.41) is 23.0. The molecular weight excluding hydrogens is 837 g/mol. The minimum Gasteiger partial charge on any atom is -0.748 e. The van der Waals surface area contributed by atoms with Gasteiger partial charge in [-0.3, -0.25) is 9.83 Å². The molecule has 2 aromatic carbocycles. The molecule has 0 radical (unpaired) electrons. The summed E-state index contributed by atoms with van der Waals surface area (Å²) in [6, 6.07) is 9.34. The molecule has 1 N–H and O–H groups in total. The van der Waals surface area contributed by atoms with E-state index in [9.17, 15) is 49.0 Å². The first-order valence-corrected chi connectivity index (χ1v) is 23.5. The van der Waals surface area contributed by atoms with Gasteiger partial charge in [-0.1, -0.05) is 43.2 Å². The Kier molecular flexibility index (Phi) is 15.9. The van der Waals surface area contributed by atoms with E-state index in [2.05, 4.69) is 9.37 Å². The Morgan fingerprint density at radius 3 is 2.17 bits per heavy atom. The van der Waals surface area contributed by atoms with Crippen molar-refractivity contribution in [2.24, 2.45) is 0 Å². The number of anilines is 1. The van der Waals surface area contributed by atoms with E-state index in [1.165, 1.54) is 18.2 Å². The monoisotopic (exact) mass is 881 g/mol. The van der Waals surface area contributed by atoms with E-state index in [1.807, 2.05) is 37.5 Å². The van der Waals surface area contributed by atoms with Crippen LogP contribution in [0.3, 0.4) is 0 Å². The van der Waals surface area contributed by atoms with Crippen LogP contribution in [-0.2, 0) is 55.4 Å². The van der Waals surface area contributed by atoms with Crippen LogP contribution in [0.2, 0.25) is 0 Å². The lowest BCUT2D eigenvalue weighted by Gasteiger charge is -2.30. The minimum atomic E-state index is -4.83. The van der Waals surface area contributed by atoms with Crippen LogP contribution in [0, 0.1) is 0 Å². The maximum absolute atomic E-state index is 12.1. The van der Waals surface area contributed by atoms with Gasteiger partial charge in [0.1, 0.15) is 16.7 Å². The predicted molar refractivity (Wildman–Crippen MR) is 211 cm³/mol. The zero-order valence-electron chi connectivity index (χ0n) is 32.1. The van der Waals surface area contributed by atoms with Crippen molar-refractivity contribution in [1.29, 1.82) is 0 Å². The zero-order chi connectivity index (χ0) is 42.9. The number of aliphatic carboxylic acids is 1. The molecule has 0 aliphatic carbocycles. The molecule has 1 unspecified atom stereocenters. The Morgan fingerprint density at radius 2 is 1.52 bits per heavy atom. The number of carboxylic acids is 1. The second kappa shape index (κ2) is 19.6. The van der Waals surface area contributed by atoms with E-state index in [-0.39, 0.29) is 32.4 Å². The molecule has 2 aliphatic rings. The van der Waals surface area contributed by atoms with Crippen LogP contribution in [0.1, 0.15) is 76.8 Å². The Labute approximate surface area is 343 Å². The van der Waals surface area contributed by atoms with Crippen LogP contribution < -0.4 is 10.2 Å². The van der Waals surface area contributed by atoms with E-state index in [1.54, 1.807) is 53.5 Å². The molecule has 2 heterocycles. The van der Waals surface area contributed by atoms with Crippen molar-refractivity contribution >= 4 is 65.5 Å². The third kappa shape index (κ3) is 12.4. The van der Waals surface area contributed by atoms with Crippen LogP contribution in [-0.4, -0.2) is 84.9 Å². The summed E-state index contributed by atoms with van der Waals surface area (Å²) in [6.45, 7) is 6.15. The number of nitrogens with zero attached hydrogens (tertiary/aromatic N) is 2. The van der Waals surface area contributed by atoms with E-state index in [0.717, 1.165) is 29.0 Å². The van der Waals surface area contributed by atoms with Crippen molar-refractivity contribution in [2.45, 2.75) is 86.3 Å². The molecule has 0 amide bonds. The molecule has 0 bridgehead atoms. The van der Waals surface area contributed by atoms with Crippen molar-refractivity contribution in [3.05, 3.63) is 95.8 Å². The number of hydrogen-bond acceptors (Lipinski definition) is 15. The molecule has 0 aromatic heterocycles. The second-order valence-corrected chi connectivity index (χ2v) is 19.7. The van der Waals surface area contributed by atoms with Gasteiger partial charge in [0.2, 0.25) is 5.69 Å². The lowest BCUT2D eigenvalue weighted by atomic mass is 9.77. The summed E-state index contributed by atoms with van der Waals surface area (Å²) in [5.41, 5.74) is 2.72. The molecule has 16 nitrogen and oxygen atoms in total. The number of unbranched alkanes of at least 4 members (excludes halogenated alkanes) is 2. The summed E-state index contributed by atoms with van der Waals surface area (Å²) < 4.78 is 111. The molecule has 4 rings (SSSR count). The van der Waals surface area contributed by atoms with Gasteiger partial charge in [0.25, 0.3) is 0 Å². The van der Waals surface area contributed by atoms with Gasteiger partial charge in [-0.2, -0.15) is 8.91 Å². The summed E-state index contributed by atoms with van der Waals surface area (Å²) in [5.74, 6) is -2.09. The van der Waals surface area contributed by atoms with Gasteiger partial charge in [0.05, 0.1) is 42.6 Å². The third-order valence-electron chi connectivity index (χ3n) is 10.1. The van der Waals surface area contributed by atoms with Crippen LogP contribution in [0.25, 0.3) is 0 Å². The van der Waals surface area contributed by atoms with Crippen molar-refractivity contribution in [3.63, 3.8) is 0 Å². The van der Waals surface area contributed by atoms with Gasteiger partial charge in [0.15, 0.2) is 5.71 Å². The zero-order valence-corrected chi connectivity index (χ0v) is 35.3. The summed E-state index contributed by atoms with van der Waals surface area (Å²) in [7, 11) is -13.8. The van der Waals surface area contributed by atoms with E-state index >= 15 is 0 Å². The van der Waals surface area contributed by atoms with Crippen LogP contribution in [0.4, 0.5) is 11.4 Å². The first-order valence-electron chi connectivity index (χ1n) is 18.2. The maximum Gasteiger partial charge on any atom is 0.303 e. The van der Waals surface area contributed by atoms with Crippen molar-refractivity contribution in [2.75, 3.05) is 29.5 Å². The second-order valence-electron chi connectivity index (χ2n) is 14.5. The van der Waals surface area contributed by atoms with Gasteiger partial charge in [-0.15, -0.1) is 0 Å². The largest absolute Gasteiger partial charge is 0.748 e. The maximum atomic E-state index is 12.1. The lowest BCUT2D eigenvalue weighted by Crippen LogP contribution is -2.30. The highest BCUT2D eigenvalue weighted by Gasteiger charge is 2.45. The van der Waals surface area contributed by atoms with E-state index < -0.39 is 63.6 Å². The lowest BCUT2D eigenvalue weighted by molar-refractivity contribution is -0.777. The smallest absolute Gasteiger partial charge is 0.303 e. The molecule has 0 saturated carbocycles. The first-order chi connectivity index (χ1) is 27.1. The third-order valence-corrected chi connectivity index (χ3v) is 13.1. The quantitative estimate of drug-likeness (QED) is 0.0326. The van der Waals surface area contributed by atoms with E-state index in [4.69, 9.17) is 5.11 Å². The van der Waals surface area contributed by atoms with Crippen molar-refractivity contribution in [3.8, 4) is 0 Å². The highest BCUT2D eigenvalue weighted by Crippen LogP contribution is 2.51. The van der Waals surface area contributed by atoms with Crippen LogP contribution in [0.5, 0.6) is 0 Å². The van der Waals surface area contributed by atoms with E-state index in [0.29, 0.717) is 47.5 Å². The Hall–Kier alpha value is -3.70. The standard InChI is InChI=1S/C38H48N2O14S4/c1-37(2)30-26-28(55-54-53-43)17-19-32(30)39(22-12-24-56(44,45)46)34(37)14-8-5-4-6-9-15-35-38(3,21-11-7-10-16-36(41)42)31-27-29(58(50,51)52)18-20-33(31)40(35)23-13-25-57(47,48)49/h4-6,8-9,14-15,17-20,26-27H,7,10-13,16,21-25H2,1-3H3,(H4-,41,42,43,44,45,46,47,48,49,50,51,52)/p-3. The summed E-state index contributed by atoms with van der Waals surface area (Å²) in [4.78, 5) is 13.1.